The Bertz CT molecular complexity index is 949. The molecular weight excluding hydrogens is 386 g/mol. The highest BCUT2D eigenvalue weighted by Gasteiger charge is 2.17. The maximum atomic E-state index is 13.2. The molecule has 0 spiro atoms. The molecule has 1 amide bonds. The molecule has 0 unspecified atom stereocenters. The SMILES string of the molecule is Cc1ccc(C)c(S(=O)(=O)NCCNC(=O)c2cc(F)c(F)cc2Cl)c1. The summed E-state index contributed by atoms with van der Waals surface area (Å²) in [6.45, 7) is 3.33. The zero-order valence-electron chi connectivity index (χ0n) is 14.1. The second-order valence-corrected chi connectivity index (χ2v) is 7.81. The molecule has 0 aliphatic carbocycles. The minimum Gasteiger partial charge on any atom is -0.351 e. The van der Waals surface area contributed by atoms with E-state index < -0.39 is 27.6 Å². The molecule has 0 atom stereocenters. The molecule has 26 heavy (non-hydrogen) atoms. The standard InChI is InChI=1S/C17H17ClF2N2O3S/c1-10-3-4-11(2)16(7-10)26(24,25)22-6-5-21-17(23)12-8-14(19)15(20)9-13(12)18/h3-4,7-9,22H,5-6H2,1-2H3,(H,21,23). The summed E-state index contributed by atoms with van der Waals surface area (Å²) >= 11 is 5.72. The van der Waals surface area contributed by atoms with Crippen LogP contribution in [-0.2, 0) is 10.0 Å². The zero-order valence-corrected chi connectivity index (χ0v) is 15.6. The molecule has 2 N–H and O–H groups in total. The Morgan fingerprint density at radius 2 is 1.73 bits per heavy atom. The highest BCUT2D eigenvalue weighted by atomic mass is 35.5. The minimum atomic E-state index is -3.73. The number of sulfonamides is 1. The first-order chi connectivity index (χ1) is 12.1. The number of carbonyl (C=O) groups excluding carboxylic acids is 1. The van der Waals surface area contributed by atoms with Crippen LogP contribution in [0.3, 0.4) is 0 Å². The first-order valence-corrected chi connectivity index (χ1v) is 9.47. The zero-order chi connectivity index (χ0) is 19.5. The molecule has 0 saturated carbocycles. The lowest BCUT2D eigenvalue weighted by atomic mass is 10.2. The summed E-state index contributed by atoms with van der Waals surface area (Å²) in [7, 11) is -3.73. The van der Waals surface area contributed by atoms with Crippen LogP contribution in [0.1, 0.15) is 21.5 Å². The van der Waals surface area contributed by atoms with Crippen LogP contribution in [0.2, 0.25) is 5.02 Å². The summed E-state index contributed by atoms with van der Waals surface area (Å²) in [5.41, 5.74) is 1.17. The second kappa shape index (κ2) is 8.11. The van der Waals surface area contributed by atoms with Crippen molar-refractivity contribution in [1.29, 1.82) is 0 Å². The molecule has 0 aliphatic rings. The second-order valence-electron chi connectivity index (χ2n) is 5.67. The number of amides is 1. The Labute approximate surface area is 155 Å². The van der Waals surface area contributed by atoms with Crippen molar-refractivity contribution in [2.75, 3.05) is 13.1 Å². The number of aryl methyl sites for hydroxylation is 2. The summed E-state index contributed by atoms with van der Waals surface area (Å²) in [5, 5.41) is 2.16. The highest BCUT2D eigenvalue weighted by Crippen LogP contribution is 2.20. The van der Waals surface area contributed by atoms with E-state index in [-0.39, 0.29) is 28.6 Å². The van der Waals surface area contributed by atoms with E-state index in [1.807, 2.05) is 0 Å². The highest BCUT2D eigenvalue weighted by molar-refractivity contribution is 7.89. The summed E-state index contributed by atoms with van der Waals surface area (Å²) in [5.74, 6) is -3.09. The van der Waals surface area contributed by atoms with Crippen LogP contribution in [0.25, 0.3) is 0 Å². The van der Waals surface area contributed by atoms with Gasteiger partial charge in [-0.1, -0.05) is 23.7 Å². The maximum Gasteiger partial charge on any atom is 0.252 e. The molecule has 140 valence electrons. The van der Waals surface area contributed by atoms with Gasteiger partial charge in [0.2, 0.25) is 10.0 Å². The number of hydrogen-bond acceptors (Lipinski definition) is 3. The number of benzene rings is 2. The molecular formula is C17H17ClF2N2O3S. The Kier molecular flexibility index (Phi) is 6.33. The molecule has 0 radical (unpaired) electrons. The minimum absolute atomic E-state index is 0.0573. The van der Waals surface area contributed by atoms with E-state index in [9.17, 15) is 22.0 Å². The van der Waals surface area contributed by atoms with Crippen molar-refractivity contribution in [3.8, 4) is 0 Å². The van der Waals surface area contributed by atoms with Crippen LogP contribution in [0.4, 0.5) is 8.78 Å². The molecule has 0 bridgehead atoms. The van der Waals surface area contributed by atoms with Crippen molar-refractivity contribution in [3.05, 3.63) is 63.7 Å². The number of nitrogens with one attached hydrogen (secondary N) is 2. The van der Waals surface area contributed by atoms with E-state index in [1.165, 1.54) is 0 Å². The van der Waals surface area contributed by atoms with Crippen molar-refractivity contribution in [2.45, 2.75) is 18.7 Å². The van der Waals surface area contributed by atoms with E-state index in [0.29, 0.717) is 17.7 Å². The number of halogens is 3. The van der Waals surface area contributed by atoms with Crippen LogP contribution >= 0.6 is 11.6 Å². The quantitative estimate of drug-likeness (QED) is 0.576. The normalized spacial score (nSPS) is 11.4. The smallest absolute Gasteiger partial charge is 0.252 e. The van der Waals surface area contributed by atoms with E-state index in [2.05, 4.69) is 10.0 Å². The lowest BCUT2D eigenvalue weighted by molar-refractivity contribution is 0.0954. The predicted molar refractivity (Wildman–Crippen MR) is 94.8 cm³/mol. The van der Waals surface area contributed by atoms with Crippen molar-refractivity contribution in [2.24, 2.45) is 0 Å². The van der Waals surface area contributed by atoms with Crippen molar-refractivity contribution < 1.29 is 22.0 Å². The van der Waals surface area contributed by atoms with Crippen molar-refractivity contribution in [1.82, 2.24) is 10.0 Å². The average molecular weight is 403 g/mol. The van der Waals surface area contributed by atoms with Gasteiger partial charge in [-0.3, -0.25) is 4.79 Å². The monoisotopic (exact) mass is 402 g/mol. The molecule has 5 nitrogen and oxygen atoms in total. The average Bonchev–Trinajstić information content (AvgIpc) is 2.57. The predicted octanol–water partition coefficient (Wildman–Crippen LogP) is 2.94. The van der Waals surface area contributed by atoms with Gasteiger partial charge in [-0.2, -0.15) is 0 Å². The Balaban J connectivity index is 1.97. The molecule has 0 aromatic heterocycles. The van der Waals surface area contributed by atoms with Crippen molar-refractivity contribution in [3.63, 3.8) is 0 Å². The molecule has 0 heterocycles. The molecule has 9 heteroatoms. The van der Waals surface area contributed by atoms with Crippen LogP contribution in [0.15, 0.2) is 35.2 Å². The van der Waals surface area contributed by atoms with Crippen LogP contribution in [0.5, 0.6) is 0 Å². The summed E-state index contributed by atoms with van der Waals surface area (Å²) in [4.78, 5) is 12.1. The summed E-state index contributed by atoms with van der Waals surface area (Å²) in [6, 6.07) is 6.45. The Morgan fingerprint density at radius 3 is 2.42 bits per heavy atom. The van der Waals surface area contributed by atoms with Gasteiger partial charge in [0.1, 0.15) is 0 Å². The number of carbonyl (C=O) groups is 1. The molecule has 2 aromatic rings. The fourth-order valence-corrected chi connectivity index (χ4v) is 3.82. The lowest BCUT2D eigenvalue weighted by Crippen LogP contribution is -2.35. The maximum absolute atomic E-state index is 13.2. The van der Waals surface area contributed by atoms with Gasteiger partial charge in [-0.15, -0.1) is 0 Å². The van der Waals surface area contributed by atoms with Crippen LogP contribution in [-0.4, -0.2) is 27.4 Å². The molecule has 0 saturated heterocycles. The third kappa shape index (κ3) is 4.78. The number of rotatable bonds is 6. The van der Waals surface area contributed by atoms with E-state index >= 15 is 0 Å². The topological polar surface area (TPSA) is 75.3 Å². The van der Waals surface area contributed by atoms with Crippen LogP contribution < -0.4 is 10.0 Å². The van der Waals surface area contributed by atoms with Crippen LogP contribution in [0, 0.1) is 25.5 Å². The molecule has 0 aliphatic heterocycles. The van der Waals surface area contributed by atoms with Crippen molar-refractivity contribution >= 4 is 27.5 Å². The van der Waals surface area contributed by atoms with Gasteiger partial charge in [0.15, 0.2) is 11.6 Å². The van der Waals surface area contributed by atoms with Gasteiger partial charge >= 0.3 is 0 Å². The first-order valence-electron chi connectivity index (χ1n) is 7.61. The van der Waals surface area contributed by atoms with Gasteiger partial charge < -0.3 is 5.32 Å². The fraction of sp³-hybridized carbons (Fsp3) is 0.235. The summed E-state index contributed by atoms with van der Waals surface area (Å²) < 4.78 is 53.2. The summed E-state index contributed by atoms with van der Waals surface area (Å²) in [6.07, 6.45) is 0. The Morgan fingerprint density at radius 1 is 1.08 bits per heavy atom. The lowest BCUT2D eigenvalue weighted by Gasteiger charge is -2.11. The van der Waals surface area contributed by atoms with Gasteiger partial charge in [0, 0.05) is 13.1 Å². The third-order valence-corrected chi connectivity index (χ3v) is 5.51. The van der Waals surface area contributed by atoms with E-state index in [1.54, 1.807) is 32.0 Å². The fourth-order valence-electron chi connectivity index (χ4n) is 2.23. The van der Waals surface area contributed by atoms with Gasteiger partial charge in [-0.25, -0.2) is 21.9 Å². The van der Waals surface area contributed by atoms with Gasteiger partial charge in [0.25, 0.3) is 5.91 Å². The number of hydrogen-bond donors (Lipinski definition) is 2. The first kappa shape index (κ1) is 20.3. The largest absolute Gasteiger partial charge is 0.351 e. The van der Waals surface area contributed by atoms with Gasteiger partial charge in [-0.05, 0) is 43.2 Å². The van der Waals surface area contributed by atoms with E-state index in [4.69, 9.17) is 11.6 Å². The molecule has 0 fully saturated rings. The molecule has 2 aromatic carbocycles. The third-order valence-electron chi connectivity index (χ3n) is 3.59. The van der Waals surface area contributed by atoms with Gasteiger partial charge in [0.05, 0.1) is 15.5 Å². The Hall–Kier alpha value is -2.03. The van der Waals surface area contributed by atoms with E-state index in [0.717, 1.165) is 5.56 Å². The molecule has 2 rings (SSSR count).